The van der Waals surface area contributed by atoms with Crippen molar-refractivity contribution in [2.75, 3.05) is 24.6 Å². The molecule has 0 aliphatic carbocycles. The van der Waals surface area contributed by atoms with E-state index in [9.17, 15) is 12.8 Å². The first-order valence-electron chi connectivity index (χ1n) is 6.61. The molecule has 0 bridgehead atoms. The van der Waals surface area contributed by atoms with E-state index in [0.29, 0.717) is 11.5 Å². The average molecular weight is 323 g/mol. The van der Waals surface area contributed by atoms with E-state index >= 15 is 0 Å². The number of hydrogen-bond acceptors (Lipinski definition) is 4. The summed E-state index contributed by atoms with van der Waals surface area (Å²) in [5, 5.41) is 0. The Bertz CT molecular complexity index is 790. The van der Waals surface area contributed by atoms with Gasteiger partial charge >= 0.3 is 0 Å². The van der Waals surface area contributed by atoms with E-state index in [1.165, 1.54) is 31.4 Å². The summed E-state index contributed by atoms with van der Waals surface area (Å²) in [5.41, 5.74) is 0.210. The quantitative estimate of drug-likeness (QED) is 0.870. The number of ether oxygens (including phenoxy) is 2. The van der Waals surface area contributed by atoms with Crippen LogP contribution in [0.15, 0.2) is 47.4 Å². The molecule has 5 nitrogen and oxygen atoms in total. The topological polar surface area (TPSA) is 55.8 Å². The van der Waals surface area contributed by atoms with Crippen LogP contribution in [0.25, 0.3) is 0 Å². The van der Waals surface area contributed by atoms with E-state index in [2.05, 4.69) is 0 Å². The Labute approximate surface area is 127 Å². The van der Waals surface area contributed by atoms with Crippen LogP contribution in [0.3, 0.4) is 0 Å². The third-order valence-corrected chi connectivity index (χ3v) is 5.22. The second-order valence-corrected chi connectivity index (χ2v) is 6.58. The van der Waals surface area contributed by atoms with Gasteiger partial charge in [0.2, 0.25) is 0 Å². The predicted molar refractivity (Wildman–Crippen MR) is 79.4 cm³/mol. The summed E-state index contributed by atoms with van der Waals surface area (Å²) in [6.45, 7) is 0.346. The highest BCUT2D eigenvalue weighted by atomic mass is 32.2. The van der Waals surface area contributed by atoms with Crippen LogP contribution in [0.4, 0.5) is 10.1 Å². The standard InChI is InChI=1S/C15H14FNO4S/c1-20-12-3-5-13(6-4-12)22(18,19)17-8-9-21-15-7-2-11(16)10-14(15)17/h2-7,10H,8-9H2,1H3. The summed E-state index contributed by atoms with van der Waals surface area (Å²) in [6, 6.07) is 9.89. The van der Waals surface area contributed by atoms with Crippen LogP contribution in [0.1, 0.15) is 0 Å². The first-order chi connectivity index (χ1) is 10.5. The minimum absolute atomic E-state index is 0.116. The summed E-state index contributed by atoms with van der Waals surface area (Å²) in [5.74, 6) is 0.399. The summed E-state index contributed by atoms with van der Waals surface area (Å²) >= 11 is 0. The van der Waals surface area contributed by atoms with Crippen molar-refractivity contribution < 1.29 is 22.3 Å². The van der Waals surface area contributed by atoms with E-state index in [1.54, 1.807) is 12.1 Å². The molecule has 0 atom stereocenters. The molecule has 0 saturated carbocycles. The van der Waals surface area contributed by atoms with Crippen LogP contribution in [-0.2, 0) is 10.0 Å². The fourth-order valence-corrected chi connectivity index (χ4v) is 3.74. The van der Waals surface area contributed by atoms with Gasteiger partial charge in [-0.3, -0.25) is 4.31 Å². The molecule has 2 aromatic carbocycles. The fourth-order valence-electron chi connectivity index (χ4n) is 2.29. The number of anilines is 1. The molecular weight excluding hydrogens is 309 g/mol. The van der Waals surface area contributed by atoms with Crippen LogP contribution < -0.4 is 13.8 Å². The molecular formula is C15H14FNO4S. The smallest absolute Gasteiger partial charge is 0.264 e. The third-order valence-electron chi connectivity index (χ3n) is 3.39. The SMILES string of the molecule is COc1ccc(S(=O)(=O)N2CCOc3ccc(F)cc32)cc1. The second kappa shape index (κ2) is 5.49. The highest BCUT2D eigenvalue weighted by Gasteiger charge is 2.30. The van der Waals surface area contributed by atoms with Crippen molar-refractivity contribution in [2.24, 2.45) is 0 Å². The van der Waals surface area contributed by atoms with Gasteiger partial charge in [-0.25, -0.2) is 12.8 Å². The Kier molecular flexibility index (Phi) is 3.66. The van der Waals surface area contributed by atoms with Gasteiger partial charge in [0.25, 0.3) is 10.0 Å². The lowest BCUT2D eigenvalue weighted by molar-refractivity contribution is 0.315. The van der Waals surface area contributed by atoms with Crippen molar-refractivity contribution in [3.8, 4) is 11.5 Å². The number of fused-ring (bicyclic) bond motifs is 1. The predicted octanol–water partition coefficient (Wildman–Crippen LogP) is 2.42. The summed E-state index contributed by atoms with van der Waals surface area (Å²) in [6.07, 6.45) is 0. The Morgan fingerprint density at radius 2 is 1.91 bits per heavy atom. The van der Waals surface area contributed by atoms with E-state index in [-0.39, 0.29) is 23.7 Å². The third kappa shape index (κ3) is 2.48. The number of benzene rings is 2. The number of sulfonamides is 1. The molecule has 0 spiro atoms. The zero-order valence-electron chi connectivity index (χ0n) is 11.8. The minimum atomic E-state index is -3.79. The molecule has 7 heteroatoms. The van der Waals surface area contributed by atoms with E-state index in [1.807, 2.05) is 0 Å². The van der Waals surface area contributed by atoms with Crippen molar-refractivity contribution in [3.63, 3.8) is 0 Å². The molecule has 22 heavy (non-hydrogen) atoms. The maximum Gasteiger partial charge on any atom is 0.264 e. The highest BCUT2D eigenvalue weighted by molar-refractivity contribution is 7.92. The van der Waals surface area contributed by atoms with Crippen LogP contribution in [0.5, 0.6) is 11.5 Å². The van der Waals surface area contributed by atoms with Gasteiger partial charge in [-0.1, -0.05) is 0 Å². The van der Waals surface area contributed by atoms with E-state index in [0.717, 1.165) is 10.4 Å². The molecule has 0 unspecified atom stereocenters. The molecule has 1 aliphatic rings. The zero-order valence-corrected chi connectivity index (χ0v) is 12.6. The molecule has 1 heterocycles. The second-order valence-electron chi connectivity index (χ2n) is 4.71. The first kappa shape index (κ1) is 14.6. The molecule has 0 N–H and O–H groups in total. The number of halogens is 1. The monoisotopic (exact) mass is 323 g/mol. The molecule has 0 fully saturated rings. The molecule has 2 aromatic rings. The van der Waals surface area contributed by atoms with Crippen LogP contribution in [-0.4, -0.2) is 28.7 Å². The summed E-state index contributed by atoms with van der Waals surface area (Å²) in [4.78, 5) is 0.116. The molecule has 116 valence electrons. The van der Waals surface area contributed by atoms with Gasteiger partial charge < -0.3 is 9.47 Å². The van der Waals surface area contributed by atoms with Crippen molar-refractivity contribution in [1.82, 2.24) is 0 Å². The Morgan fingerprint density at radius 3 is 2.59 bits per heavy atom. The van der Waals surface area contributed by atoms with Crippen molar-refractivity contribution in [3.05, 3.63) is 48.3 Å². The van der Waals surface area contributed by atoms with Crippen molar-refractivity contribution >= 4 is 15.7 Å². The van der Waals surface area contributed by atoms with Gasteiger partial charge in [0.15, 0.2) is 0 Å². The van der Waals surface area contributed by atoms with Gasteiger partial charge in [0.1, 0.15) is 23.9 Å². The van der Waals surface area contributed by atoms with Crippen LogP contribution in [0, 0.1) is 5.82 Å². The highest BCUT2D eigenvalue weighted by Crippen LogP contribution is 2.35. The van der Waals surface area contributed by atoms with Crippen LogP contribution >= 0.6 is 0 Å². The lowest BCUT2D eigenvalue weighted by atomic mass is 10.2. The molecule has 3 rings (SSSR count). The normalized spacial score (nSPS) is 14.2. The molecule has 0 amide bonds. The van der Waals surface area contributed by atoms with Crippen molar-refractivity contribution in [1.29, 1.82) is 0 Å². The average Bonchev–Trinajstić information content (AvgIpc) is 2.54. The lowest BCUT2D eigenvalue weighted by Crippen LogP contribution is -2.38. The largest absolute Gasteiger partial charge is 0.497 e. The number of nitrogens with zero attached hydrogens (tertiary/aromatic N) is 1. The number of rotatable bonds is 3. The van der Waals surface area contributed by atoms with Gasteiger partial charge in [0, 0.05) is 6.07 Å². The zero-order chi connectivity index (χ0) is 15.7. The lowest BCUT2D eigenvalue weighted by Gasteiger charge is -2.30. The van der Waals surface area contributed by atoms with Gasteiger partial charge in [0.05, 0.1) is 24.2 Å². The molecule has 1 aliphatic heterocycles. The summed E-state index contributed by atoms with van der Waals surface area (Å²) in [7, 11) is -2.28. The Morgan fingerprint density at radius 1 is 1.18 bits per heavy atom. The van der Waals surface area contributed by atoms with Gasteiger partial charge in [-0.15, -0.1) is 0 Å². The molecule has 0 radical (unpaired) electrons. The first-order valence-corrected chi connectivity index (χ1v) is 8.05. The Balaban J connectivity index is 2.05. The van der Waals surface area contributed by atoms with Gasteiger partial charge in [-0.05, 0) is 36.4 Å². The maximum absolute atomic E-state index is 13.5. The van der Waals surface area contributed by atoms with E-state index in [4.69, 9.17) is 9.47 Å². The minimum Gasteiger partial charge on any atom is -0.497 e. The van der Waals surface area contributed by atoms with Crippen LogP contribution in [0.2, 0.25) is 0 Å². The van der Waals surface area contributed by atoms with E-state index < -0.39 is 15.8 Å². The molecule has 0 saturated heterocycles. The van der Waals surface area contributed by atoms with Crippen molar-refractivity contribution in [2.45, 2.75) is 4.90 Å². The molecule has 0 aromatic heterocycles. The Hall–Kier alpha value is -2.28. The number of methoxy groups -OCH3 is 1. The summed E-state index contributed by atoms with van der Waals surface area (Å²) < 4.78 is 50.6. The number of hydrogen-bond donors (Lipinski definition) is 0. The van der Waals surface area contributed by atoms with Gasteiger partial charge in [-0.2, -0.15) is 0 Å². The fraction of sp³-hybridized carbons (Fsp3) is 0.200. The maximum atomic E-state index is 13.5.